The van der Waals surface area contributed by atoms with Crippen molar-refractivity contribution in [1.29, 1.82) is 0 Å². The van der Waals surface area contributed by atoms with Crippen molar-refractivity contribution in [3.63, 3.8) is 0 Å². The van der Waals surface area contributed by atoms with Crippen molar-refractivity contribution in [2.45, 2.75) is 39.7 Å². The molecule has 0 bridgehead atoms. The summed E-state index contributed by atoms with van der Waals surface area (Å²) in [5.74, 6) is 0.771. The number of hydrogen-bond donors (Lipinski definition) is 1. The minimum atomic E-state index is -0.0430. The number of carbonyl (C=O) groups is 1. The lowest BCUT2D eigenvalue weighted by Crippen LogP contribution is -2.41. The minimum absolute atomic E-state index is 0.0217. The molecule has 3 heterocycles. The summed E-state index contributed by atoms with van der Waals surface area (Å²) in [5.41, 5.74) is 1.46. The first-order valence-electron chi connectivity index (χ1n) is 7.72. The van der Waals surface area contributed by atoms with E-state index in [-0.39, 0.29) is 17.4 Å². The molecule has 1 aromatic heterocycles. The van der Waals surface area contributed by atoms with Crippen LogP contribution in [0.5, 0.6) is 0 Å². The Hall–Kier alpha value is -1.85. The van der Waals surface area contributed by atoms with Crippen molar-refractivity contribution < 1.29 is 4.79 Å². The number of amides is 1. The molecule has 0 unspecified atom stereocenters. The van der Waals surface area contributed by atoms with Gasteiger partial charge in [0.15, 0.2) is 0 Å². The molecular formula is C15H22N4O2. The predicted octanol–water partition coefficient (Wildman–Crippen LogP) is 0.911. The SMILES string of the molecule is CC(C)C(=O)N1CCc2c(nc(N3CCCC3)[nH]c2=O)C1. The molecule has 2 aliphatic rings. The van der Waals surface area contributed by atoms with Crippen LogP contribution in [0.3, 0.4) is 0 Å². The van der Waals surface area contributed by atoms with Crippen LogP contribution in [0.15, 0.2) is 4.79 Å². The van der Waals surface area contributed by atoms with E-state index in [9.17, 15) is 9.59 Å². The van der Waals surface area contributed by atoms with Crippen molar-refractivity contribution in [2.24, 2.45) is 5.92 Å². The third-order valence-electron chi connectivity index (χ3n) is 4.27. The second-order valence-corrected chi connectivity index (χ2v) is 6.17. The molecule has 1 fully saturated rings. The van der Waals surface area contributed by atoms with Crippen molar-refractivity contribution in [3.8, 4) is 0 Å². The van der Waals surface area contributed by atoms with Gasteiger partial charge in [-0.3, -0.25) is 14.6 Å². The molecule has 0 atom stereocenters. The molecule has 114 valence electrons. The van der Waals surface area contributed by atoms with Crippen LogP contribution in [-0.4, -0.2) is 40.4 Å². The summed E-state index contributed by atoms with van der Waals surface area (Å²) in [5, 5.41) is 0. The number of rotatable bonds is 2. The van der Waals surface area contributed by atoms with Crippen LogP contribution in [-0.2, 0) is 17.8 Å². The van der Waals surface area contributed by atoms with Gasteiger partial charge >= 0.3 is 0 Å². The molecule has 1 N–H and O–H groups in total. The summed E-state index contributed by atoms with van der Waals surface area (Å²) in [6, 6.07) is 0. The number of fused-ring (bicyclic) bond motifs is 1. The topological polar surface area (TPSA) is 69.3 Å². The molecule has 0 radical (unpaired) electrons. The first kappa shape index (κ1) is 14.1. The average molecular weight is 290 g/mol. The van der Waals surface area contributed by atoms with E-state index in [0.717, 1.165) is 37.2 Å². The molecule has 0 aliphatic carbocycles. The minimum Gasteiger partial charge on any atom is -0.342 e. The maximum absolute atomic E-state index is 12.2. The number of H-pyrrole nitrogens is 1. The van der Waals surface area contributed by atoms with Crippen LogP contribution in [0.1, 0.15) is 37.9 Å². The third-order valence-corrected chi connectivity index (χ3v) is 4.27. The standard InChI is InChI=1S/C15H22N4O2/c1-10(2)14(21)19-8-5-11-12(9-19)16-15(17-13(11)20)18-6-3-4-7-18/h10H,3-9H2,1-2H3,(H,16,17,20). The third kappa shape index (κ3) is 2.66. The van der Waals surface area contributed by atoms with E-state index in [2.05, 4.69) is 14.9 Å². The fourth-order valence-corrected chi connectivity index (χ4v) is 3.06. The zero-order valence-electron chi connectivity index (χ0n) is 12.7. The maximum atomic E-state index is 12.2. The first-order valence-corrected chi connectivity index (χ1v) is 7.72. The van der Waals surface area contributed by atoms with Crippen LogP contribution in [0.4, 0.5) is 5.95 Å². The van der Waals surface area contributed by atoms with Gasteiger partial charge in [-0.2, -0.15) is 0 Å². The Kier molecular flexibility index (Phi) is 3.69. The van der Waals surface area contributed by atoms with Crippen molar-refractivity contribution >= 4 is 11.9 Å². The van der Waals surface area contributed by atoms with Gasteiger partial charge in [0, 0.05) is 31.1 Å². The van der Waals surface area contributed by atoms with Gasteiger partial charge in [-0.15, -0.1) is 0 Å². The molecule has 0 aromatic carbocycles. The van der Waals surface area contributed by atoms with E-state index >= 15 is 0 Å². The second-order valence-electron chi connectivity index (χ2n) is 6.17. The molecule has 6 heteroatoms. The molecule has 1 saturated heterocycles. The number of carbonyl (C=O) groups excluding carboxylic acids is 1. The fraction of sp³-hybridized carbons (Fsp3) is 0.667. The van der Waals surface area contributed by atoms with Crippen LogP contribution >= 0.6 is 0 Å². The van der Waals surface area contributed by atoms with E-state index in [1.165, 1.54) is 0 Å². The summed E-state index contributed by atoms with van der Waals surface area (Å²) in [6.45, 7) is 6.75. The number of aromatic amines is 1. The molecule has 3 rings (SSSR count). The van der Waals surface area contributed by atoms with Crippen LogP contribution in [0.25, 0.3) is 0 Å². The summed E-state index contributed by atoms with van der Waals surface area (Å²) in [4.78, 5) is 35.8. The lowest BCUT2D eigenvalue weighted by atomic mass is 10.0. The van der Waals surface area contributed by atoms with E-state index in [0.29, 0.717) is 25.5 Å². The lowest BCUT2D eigenvalue weighted by molar-refractivity contribution is -0.135. The highest BCUT2D eigenvalue weighted by molar-refractivity contribution is 5.78. The van der Waals surface area contributed by atoms with Gasteiger partial charge < -0.3 is 9.80 Å². The van der Waals surface area contributed by atoms with E-state index in [1.807, 2.05) is 18.7 Å². The second kappa shape index (κ2) is 5.50. The van der Waals surface area contributed by atoms with Gasteiger partial charge in [0.1, 0.15) is 0 Å². The van der Waals surface area contributed by atoms with Gasteiger partial charge in [0.2, 0.25) is 11.9 Å². The highest BCUT2D eigenvalue weighted by Gasteiger charge is 2.26. The molecule has 0 saturated carbocycles. The van der Waals surface area contributed by atoms with Crippen LogP contribution in [0.2, 0.25) is 0 Å². The molecule has 1 amide bonds. The average Bonchev–Trinajstić information content (AvgIpc) is 2.99. The largest absolute Gasteiger partial charge is 0.342 e. The number of hydrogen-bond acceptors (Lipinski definition) is 4. The van der Waals surface area contributed by atoms with Crippen molar-refractivity contribution in [3.05, 3.63) is 21.6 Å². The zero-order valence-corrected chi connectivity index (χ0v) is 12.7. The Labute approximate surface area is 124 Å². The zero-order chi connectivity index (χ0) is 15.0. The molecule has 6 nitrogen and oxygen atoms in total. The lowest BCUT2D eigenvalue weighted by Gasteiger charge is -2.29. The van der Waals surface area contributed by atoms with E-state index in [4.69, 9.17) is 0 Å². The predicted molar refractivity (Wildman–Crippen MR) is 80.3 cm³/mol. The molecular weight excluding hydrogens is 268 g/mol. The molecule has 1 aromatic rings. The fourth-order valence-electron chi connectivity index (χ4n) is 3.06. The highest BCUT2D eigenvalue weighted by atomic mass is 16.2. The van der Waals surface area contributed by atoms with Gasteiger partial charge in [0.05, 0.1) is 12.2 Å². The van der Waals surface area contributed by atoms with Crippen LogP contribution < -0.4 is 10.5 Å². The molecule has 21 heavy (non-hydrogen) atoms. The van der Waals surface area contributed by atoms with Gasteiger partial charge in [-0.25, -0.2) is 4.98 Å². The Balaban J connectivity index is 1.89. The quantitative estimate of drug-likeness (QED) is 0.879. The summed E-state index contributed by atoms with van der Waals surface area (Å²) in [6.07, 6.45) is 2.87. The van der Waals surface area contributed by atoms with Crippen molar-refractivity contribution in [1.82, 2.24) is 14.9 Å². The molecule has 0 spiro atoms. The summed E-state index contributed by atoms with van der Waals surface area (Å²) in [7, 11) is 0. The number of nitrogens with one attached hydrogen (secondary N) is 1. The monoisotopic (exact) mass is 290 g/mol. The number of aromatic nitrogens is 2. The van der Waals surface area contributed by atoms with E-state index in [1.54, 1.807) is 0 Å². The number of anilines is 1. The Morgan fingerprint density at radius 2 is 1.95 bits per heavy atom. The van der Waals surface area contributed by atoms with Gasteiger partial charge in [-0.1, -0.05) is 13.8 Å². The Bertz CT molecular complexity index is 602. The van der Waals surface area contributed by atoms with Crippen molar-refractivity contribution in [2.75, 3.05) is 24.5 Å². The van der Waals surface area contributed by atoms with Crippen LogP contribution in [0, 0.1) is 5.92 Å². The highest BCUT2D eigenvalue weighted by Crippen LogP contribution is 2.20. The number of nitrogens with zero attached hydrogens (tertiary/aromatic N) is 3. The van der Waals surface area contributed by atoms with Gasteiger partial charge in [-0.05, 0) is 19.3 Å². The summed E-state index contributed by atoms with van der Waals surface area (Å²) < 4.78 is 0. The summed E-state index contributed by atoms with van der Waals surface area (Å²) >= 11 is 0. The maximum Gasteiger partial charge on any atom is 0.255 e. The Morgan fingerprint density at radius 3 is 2.62 bits per heavy atom. The molecule has 2 aliphatic heterocycles. The van der Waals surface area contributed by atoms with E-state index < -0.39 is 0 Å². The Morgan fingerprint density at radius 1 is 1.24 bits per heavy atom. The first-order chi connectivity index (χ1) is 10.1. The smallest absolute Gasteiger partial charge is 0.255 e. The normalized spacial score (nSPS) is 18.2. The van der Waals surface area contributed by atoms with Gasteiger partial charge in [0.25, 0.3) is 5.56 Å².